The highest BCUT2D eigenvalue weighted by atomic mass is 32.1. The lowest BCUT2D eigenvalue weighted by atomic mass is 9.95. The molecule has 2 aromatic heterocycles. The number of nitrogens with zero attached hydrogens (tertiary/aromatic N) is 3. The molecule has 2 aliphatic rings. The van der Waals surface area contributed by atoms with Crippen molar-refractivity contribution in [3.8, 4) is 11.5 Å². The maximum Gasteiger partial charge on any atom is 0.255 e. The first-order chi connectivity index (χ1) is 20.1. The van der Waals surface area contributed by atoms with Crippen LogP contribution in [0.2, 0.25) is 0 Å². The fourth-order valence-corrected chi connectivity index (χ4v) is 6.09. The van der Waals surface area contributed by atoms with Gasteiger partial charge in [-0.2, -0.15) is 0 Å². The third kappa shape index (κ3) is 7.49. The normalized spacial score (nSPS) is 19.9. The molecule has 2 unspecified atom stereocenters. The van der Waals surface area contributed by atoms with E-state index in [1.54, 1.807) is 19.2 Å². The molecule has 0 bridgehead atoms. The van der Waals surface area contributed by atoms with Crippen LogP contribution in [-0.4, -0.2) is 67.0 Å². The summed E-state index contributed by atoms with van der Waals surface area (Å²) in [6.07, 6.45) is 2.83. The van der Waals surface area contributed by atoms with Crippen LogP contribution < -0.4 is 14.4 Å². The van der Waals surface area contributed by atoms with Gasteiger partial charge in [-0.25, -0.2) is 18.7 Å². The number of thiazole rings is 1. The molecule has 1 saturated carbocycles. The van der Waals surface area contributed by atoms with Crippen LogP contribution in [0, 0.1) is 12.8 Å². The van der Waals surface area contributed by atoms with Crippen molar-refractivity contribution in [1.82, 2.24) is 9.97 Å². The van der Waals surface area contributed by atoms with Gasteiger partial charge in [-0.1, -0.05) is 19.1 Å². The summed E-state index contributed by atoms with van der Waals surface area (Å²) in [4.78, 5) is 36.5. The van der Waals surface area contributed by atoms with Crippen molar-refractivity contribution >= 4 is 28.7 Å². The van der Waals surface area contributed by atoms with E-state index in [1.165, 1.54) is 18.4 Å². The number of anilines is 1. The van der Waals surface area contributed by atoms with Gasteiger partial charge in [0.05, 0.1) is 42.3 Å². The van der Waals surface area contributed by atoms with Gasteiger partial charge in [-0.05, 0) is 42.7 Å². The second kappa shape index (κ2) is 12.8. The van der Waals surface area contributed by atoms with Crippen molar-refractivity contribution in [2.45, 2.75) is 57.5 Å². The van der Waals surface area contributed by atoms with Crippen molar-refractivity contribution in [2.75, 3.05) is 38.3 Å². The van der Waals surface area contributed by atoms with Crippen LogP contribution in [0.1, 0.15) is 58.0 Å². The lowest BCUT2D eigenvalue weighted by Crippen LogP contribution is -2.25. The van der Waals surface area contributed by atoms with E-state index >= 15 is 0 Å². The van der Waals surface area contributed by atoms with Crippen LogP contribution in [-0.2, 0) is 16.0 Å². The summed E-state index contributed by atoms with van der Waals surface area (Å²) in [6, 6.07) is 11.5. The van der Waals surface area contributed by atoms with E-state index in [2.05, 4.69) is 14.9 Å². The lowest BCUT2D eigenvalue weighted by molar-refractivity contribution is -0.121. The maximum absolute atomic E-state index is 13.0. The summed E-state index contributed by atoms with van der Waals surface area (Å²) in [6.45, 7) is 5.34. The molecule has 3 heterocycles. The van der Waals surface area contributed by atoms with Crippen molar-refractivity contribution in [3.05, 3.63) is 63.7 Å². The van der Waals surface area contributed by atoms with E-state index in [9.17, 15) is 18.4 Å². The Hall–Kier alpha value is -3.44. The van der Waals surface area contributed by atoms with Gasteiger partial charge in [0.2, 0.25) is 0 Å². The lowest BCUT2D eigenvalue weighted by Gasteiger charge is -2.19. The Kier molecular flexibility index (Phi) is 9.17. The highest BCUT2D eigenvalue weighted by Gasteiger charge is 2.57. The zero-order valence-corrected chi connectivity index (χ0v) is 24.8. The number of alkyl halides is 2. The van der Waals surface area contributed by atoms with Crippen LogP contribution in [0.25, 0.3) is 0 Å². The Morgan fingerprint density at radius 2 is 1.90 bits per heavy atom. The maximum atomic E-state index is 13.0. The predicted molar refractivity (Wildman–Crippen MR) is 155 cm³/mol. The second-order valence-corrected chi connectivity index (χ2v) is 12.2. The van der Waals surface area contributed by atoms with Crippen molar-refractivity contribution in [1.29, 1.82) is 0 Å². The molecule has 224 valence electrons. The number of ketones is 2. The van der Waals surface area contributed by atoms with Crippen molar-refractivity contribution in [3.63, 3.8) is 0 Å². The number of aryl methyl sites for hydroxylation is 1. The van der Waals surface area contributed by atoms with Crippen molar-refractivity contribution < 1.29 is 32.6 Å². The summed E-state index contributed by atoms with van der Waals surface area (Å²) in [7, 11) is 1.48. The zero-order chi connectivity index (χ0) is 29.9. The average molecular weight is 600 g/mol. The van der Waals surface area contributed by atoms with Gasteiger partial charge in [-0.3, -0.25) is 9.59 Å². The van der Waals surface area contributed by atoms with E-state index in [4.69, 9.17) is 14.2 Å². The first-order valence-electron chi connectivity index (χ1n) is 14.1. The molecule has 1 aromatic carbocycles. The fraction of sp³-hybridized carbons (Fsp3) is 0.484. The third-order valence-electron chi connectivity index (χ3n) is 7.59. The Morgan fingerprint density at radius 3 is 2.57 bits per heavy atom. The number of pyridine rings is 1. The molecule has 1 aliphatic heterocycles. The van der Waals surface area contributed by atoms with Crippen LogP contribution in [0.15, 0.2) is 42.6 Å². The van der Waals surface area contributed by atoms with E-state index in [0.717, 1.165) is 30.1 Å². The van der Waals surface area contributed by atoms with Gasteiger partial charge in [0, 0.05) is 32.9 Å². The fourth-order valence-electron chi connectivity index (χ4n) is 5.05. The molecule has 0 amide bonds. The van der Waals surface area contributed by atoms with Gasteiger partial charge in [0.15, 0.2) is 11.6 Å². The Balaban J connectivity index is 1.08. The minimum absolute atomic E-state index is 0.00365. The van der Waals surface area contributed by atoms with Gasteiger partial charge < -0.3 is 19.1 Å². The average Bonchev–Trinajstić information content (AvgIpc) is 3.24. The van der Waals surface area contributed by atoms with E-state index < -0.39 is 11.8 Å². The zero-order valence-electron chi connectivity index (χ0n) is 24.0. The quantitative estimate of drug-likeness (QED) is 0.219. The topological polar surface area (TPSA) is 90.8 Å². The van der Waals surface area contributed by atoms with Crippen LogP contribution in [0.5, 0.6) is 11.5 Å². The second-order valence-electron chi connectivity index (χ2n) is 11.1. The number of aromatic nitrogens is 2. The Bertz CT molecular complexity index is 1400. The predicted octanol–water partition coefficient (Wildman–Crippen LogP) is 5.67. The number of ether oxygens (including phenoxy) is 3. The molecule has 8 nitrogen and oxygen atoms in total. The first kappa shape index (κ1) is 30.0. The summed E-state index contributed by atoms with van der Waals surface area (Å²) < 4.78 is 42.6. The van der Waals surface area contributed by atoms with E-state index in [1.807, 2.05) is 37.3 Å². The standard InChI is InChI=1S/C31H35F2N3O5S/c1-19(12-27(38)30-20(2)35-29(42-30)13-23(37)18-39-3)21-4-6-24(7-5-21)41-26-10-11-36(16-26)28-9-8-25(15-34-28)40-17-22-14-31(22,32)33/h4-9,15,19,22,26H,10-14,16-18H2,1-3H3/t19-,22?,26?/m1/s1. The highest BCUT2D eigenvalue weighted by Crippen LogP contribution is 2.48. The molecule has 0 spiro atoms. The number of halogens is 2. The SMILES string of the molecule is COCC(=O)Cc1nc(C)c(C(=O)C[C@@H](C)c2ccc(OC3CCN(c4ccc(OCC5CC5(F)F)cn4)C3)cc2)s1. The minimum Gasteiger partial charge on any atom is -0.491 e. The van der Waals surface area contributed by atoms with Crippen molar-refractivity contribution in [2.24, 2.45) is 5.92 Å². The molecule has 3 atom stereocenters. The summed E-state index contributed by atoms with van der Waals surface area (Å²) >= 11 is 1.29. The minimum atomic E-state index is -2.59. The number of hydrogen-bond donors (Lipinski definition) is 0. The Labute approximate surface area is 248 Å². The number of benzene rings is 1. The summed E-state index contributed by atoms with van der Waals surface area (Å²) in [5.41, 5.74) is 1.70. The molecule has 5 rings (SSSR count). The molecule has 0 N–H and O–H groups in total. The number of Topliss-reactive ketones (excluding diaryl/α,β-unsaturated/α-hetero) is 2. The largest absolute Gasteiger partial charge is 0.491 e. The smallest absolute Gasteiger partial charge is 0.255 e. The monoisotopic (exact) mass is 599 g/mol. The molecule has 1 saturated heterocycles. The number of rotatable bonds is 14. The number of carbonyl (C=O) groups excluding carboxylic acids is 2. The number of carbonyl (C=O) groups is 2. The molecule has 1 aliphatic carbocycles. The van der Waals surface area contributed by atoms with E-state index in [-0.39, 0.29) is 49.6 Å². The Morgan fingerprint density at radius 1 is 1.17 bits per heavy atom. The molecular weight excluding hydrogens is 564 g/mol. The number of methoxy groups -OCH3 is 1. The van der Waals surface area contributed by atoms with Gasteiger partial charge in [0.25, 0.3) is 5.92 Å². The number of hydrogen-bond acceptors (Lipinski definition) is 9. The van der Waals surface area contributed by atoms with E-state index in [0.29, 0.717) is 34.3 Å². The molecule has 42 heavy (non-hydrogen) atoms. The summed E-state index contributed by atoms with van der Waals surface area (Å²) in [5, 5.41) is 0.637. The molecule has 2 fully saturated rings. The summed E-state index contributed by atoms with van der Waals surface area (Å²) in [5.74, 6) is -1.27. The highest BCUT2D eigenvalue weighted by molar-refractivity contribution is 7.14. The molecule has 0 radical (unpaired) electrons. The van der Waals surface area contributed by atoms with Gasteiger partial charge in [0.1, 0.15) is 35.0 Å². The first-order valence-corrected chi connectivity index (χ1v) is 14.9. The van der Waals surface area contributed by atoms with Crippen LogP contribution in [0.4, 0.5) is 14.6 Å². The third-order valence-corrected chi connectivity index (χ3v) is 8.79. The molecule has 3 aromatic rings. The van der Waals surface area contributed by atoms with Gasteiger partial charge in [-0.15, -0.1) is 11.3 Å². The van der Waals surface area contributed by atoms with Crippen LogP contribution in [0.3, 0.4) is 0 Å². The molecule has 11 heteroatoms. The molecular formula is C31H35F2N3O5S. The van der Waals surface area contributed by atoms with Crippen LogP contribution >= 0.6 is 11.3 Å². The van der Waals surface area contributed by atoms with Gasteiger partial charge >= 0.3 is 0 Å².